The number of unbranched alkanes of at least 4 members (excludes halogenated alkanes) is 2. The number of hydrogen-bond acceptors (Lipinski definition) is 7. The highest BCUT2D eigenvalue weighted by Gasteiger charge is 2.32. The number of ether oxygens (including phenoxy) is 3. The molecule has 0 unspecified atom stereocenters. The molecular formula is C45H56O7. The van der Waals surface area contributed by atoms with Gasteiger partial charge in [-0.25, -0.2) is 9.59 Å². The molecule has 0 aliphatic heterocycles. The highest BCUT2D eigenvalue weighted by atomic mass is 16.5. The van der Waals surface area contributed by atoms with Crippen molar-refractivity contribution < 1.29 is 34.0 Å². The molecular weight excluding hydrogens is 652 g/mol. The van der Waals surface area contributed by atoms with Gasteiger partial charge in [-0.1, -0.05) is 82.9 Å². The Morgan fingerprint density at radius 2 is 1.13 bits per heavy atom. The maximum absolute atomic E-state index is 12.2. The van der Waals surface area contributed by atoms with Crippen molar-refractivity contribution in [3.63, 3.8) is 0 Å². The lowest BCUT2D eigenvalue weighted by molar-refractivity contribution is -0.131. The number of aliphatic hydroxyl groups is 2. The zero-order valence-corrected chi connectivity index (χ0v) is 31.0. The van der Waals surface area contributed by atoms with Crippen LogP contribution in [-0.4, -0.2) is 42.0 Å². The van der Waals surface area contributed by atoms with Gasteiger partial charge in [0.15, 0.2) is 0 Å². The Labute approximate surface area is 309 Å². The van der Waals surface area contributed by atoms with E-state index in [2.05, 4.69) is 32.2 Å². The van der Waals surface area contributed by atoms with Gasteiger partial charge >= 0.3 is 11.9 Å². The van der Waals surface area contributed by atoms with Crippen molar-refractivity contribution in [3.8, 4) is 39.5 Å². The average molecular weight is 709 g/mol. The maximum Gasteiger partial charge on any atom is 0.341 e. The predicted octanol–water partition coefficient (Wildman–Crippen LogP) is 9.99. The molecule has 7 nitrogen and oxygen atoms in total. The molecule has 0 heterocycles. The van der Waals surface area contributed by atoms with Gasteiger partial charge in [0.2, 0.25) is 0 Å². The molecule has 0 spiro atoms. The predicted molar refractivity (Wildman–Crippen MR) is 206 cm³/mol. The molecule has 2 saturated carbocycles. The van der Waals surface area contributed by atoms with Crippen LogP contribution in [0.1, 0.15) is 102 Å². The molecule has 5 rings (SSSR count). The molecule has 278 valence electrons. The molecule has 2 fully saturated rings. The van der Waals surface area contributed by atoms with Crippen molar-refractivity contribution in [2.45, 2.75) is 96.8 Å². The minimum Gasteiger partial charge on any atom is -0.493 e. The summed E-state index contributed by atoms with van der Waals surface area (Å²) >= 11 is 0. The normalized spacial score (nSPS) is 20.2. The first-order valence-electron chi connectivity index (χ1n) is 19.3. The molecule has 2 N–H and O–H groups in total. The van der Waals surface area contributed by atoms with Crippen molar-refractivity contribution in [1.82, 2.24) is 0 Å². The SMILES string of the molecule is C=C(CO)C(=O)Oc1ccc(-c2cc(C3CCC(C4CCC(CCCCC)CC4)CC3)cc(-c3ccc(OC(=O)C(=C)CO)cc3)c2OCC)cc1. The molecule has 0 amide bonds. The molecule has 2 aliphatic rings. The van der Waals surface area contributed by atoms with Gasteiger partial charge in [0.1, 0.15) is 17.2 Å². The van der Waals surface area contributed by atoms with Gasteiger partial charge < -0.3 is 24.4 Å². The van der Waals surface area contributed by atoms with Gasteiger partial charge in [-0.15, -0.1) is 0 Å². The fourth-order valence-corrected chi connectivity index (χ4v) is 8.06. The Kier molecular flexibility index (Phi) is 14.3. The third-order valence-corrected chi connectivity index (χ3v) is 11.1. The van der Waals surface area contributed by atoms with Crippen molar-refractivity contribution in [1.29, 1.82) is 0 Å². The lowest BCUT2D eigenvalue weighted by Gasteiger charge is -2.38. The van der Waals surface area contributed by atoms with Crippen LogP contribution in [0.3, 0.4) is 0 Å². The minimum absolute atomic E-state index is 0.0102. The van der Waals surface area contributed by atoms with Crippen molar-refractivity contribution in [2.24, 2.45) is 17.8 Å². The summed E-state index contributed by atoms with van der Waals surface area (Å²) in [7, 11) is 0. The second-order valence-corrected chi connectivity index (χ2v) is 14.6. The van der Waals surface area contributed by atoms with E-state index >= 15 is 0 Å². The van der Waals surface area contributed by atoms with Crippen molar-refractivity contribution in [3.05, 3.63) is 90.5 Å². The first-order chi connectivity index (χ1) is 25.2. The van der Waals surface area contributed by atoms with Crippen LogP contribution in [-0.2, 0) is 9.59 Å². The number of carbonyl (C=O) groups excluding carboxylic acids is 2. The summed E-state index contributed by atoms with van der Waals surface area (Å²) in [6.07, 6.45) is 15.9. The average Bonchev–Trinajstić information content (AvgIpc) is 3.18. The Balaban J connectivity index is 1.41. The topological polar surface area (TPSA) is 102 Å². The molecule has 0 aromatic heterocycles. The van der Waals surface area contributed by atoms with Crippen LogP contribution < -0.4 is 14.2 Å². The summed E-state index contributed by atoms with van der Waals surface area (Å²) in [5, 5.41) is 18.5. The lowest BCUT2D eigenvalue weighted by Crippen LogP contribution is -2.25. The highest BCUT2D eigenvalue weighted by Crippen LogP contribution is 2.48. The monoisotopic (exact) mass is 708 g/mol. The Bertz CT molecular complexity index is 1560. The molecule has 2 aliphatic carbocycles. The number of aliphatic hydroxyl groups excluding tert-OH is 2. The van der Waals surface area contributed by atoms with Crippen LogP contribution in [0, 0.1) is 17.8 Å². The molecule has 0 atom stereocenters. The number of rotatable bonds is 16. The van der Waals surface area contributed by atoms with Gasteiger partial charge in [0.25, 0.3) is 0 Å². The van der Waals surface area contributed by atoms with Crippen LogP contribution in [0.4, 0.5) is 0 Å². The fourth-order valence-electron chi connectivity index (χ4n) is 8.06. The summed E-state index contributed by atoms with van der Waals surface area (Å²) < 4.78 is 17.2. The number of benzene rings is 3. The fraction of sp³-hybridized carbons (Fsp3) is 0.467. The lowest BCUT2D eigenvalue weighted by atomic mass is 9.67. The molecule has 0 saturated heterocycles. The van der Waals surface area contributed by atoms with E-state index < -0.39 is 25.2 Å². The van der Waals surface area contributed by atoms with Gasteiger partial charge in [0.05, 0.1) is 31.0 Å². The van der Waals surface area contributed by atoms with E-state index in [0.29, 0.717) is 24.0 Å². The van der Waals surface area contributed by atoms with Gasteiger partial charge in [0, 0.05) is 11.1 Å². The zero-order chi connectivity index (χ0) is 37.0. The van der Waals surface area contributed by atoms with E-state index in [1.54, 1.807) is 24.3 Å². The molecule has 52 heavy (non-hydrogen) atoms. The van der Waals surface area contributed by atoms with E-state index in [1.165, 1.54) is 69.8 Å². The molecule has 0 bridgehead atoms. The summed E-state index contributed by atoms with van der Waals surface area (Å²) in [4.78, 5) is 24.5. The third-order valence-electron chi connectivity index (χ3n) is 11.1. The van der Waals surface area contributed by atoms with Gasteiger partial charge in [-0.2, -0.15) is 0 Å². The molecule has 0 radical (unpaired) electrons. The quantitative estimate of drug-likeness (QED) is 0.0661. The molecule has 7 heteroatoms. The largest absolute Gasteiger partial charge is 0.493 e. The smallest absolute Gasteiger partial charge is 0.341 e. The van der Waals surface area contributed by atoms with E-state index in [0.717, 1.165) is 58.6 Å². The Hall–Kier alpha value is -4.20. The first kappa shape index (κ1) is 39.0. The first-order valence-corrected chi connectivity index (χ1v) is 19.3. The summed E-state index contributed by atoms with van der Waals surface area (Å²) in [6, 6.07) is 19.2. The molecule has 3 aromatic carbocycles. The van der Waals surface area contributed by atoms with E-state index in [4.69, 9.17) is 14.2 Å². The van der Waals surface area contributed by atoms with Crippen LogP contribution in [0.2, 0.25) is 0 Å². The Morgan fingerprint density at radius 3 is 1.56 bits per heavy atom. The number of carbonyl (C=O) groups is 2. The van der Waals surface area contributed by atoms with Crippen LogP contribution >= 0.6 is 0 Å². The van der Waals surface area contributed by atoms with E-state index in [-0.39, 0.29) is 11.1 Å². The van der Waals surface area contributed by atoms with Gasteiger partial charge in [-0.05, 0) is 122 Å². The number of esters is 2. The Morgan fingerprint density at radius 1 is 0.673 bits per heavy atom. The zero-order valence-electron chi connectivity index (χ0n) is 31.0. The van der Waals surface area contributed by atoms with E-state index in [1.807, 2.05) is 31.2 Å². The van der Waals surface area contributed by atoms with Crippen LogP contribution in [0.5, 0.6) is 17.2 Å². The van der Waals surface area contributed by atoms with Crippen molar-refractivity contribution >= 4 is 11.9 Å². The molecule has 3 aromatic rings. The van der Waals surface area contributed by atoms with Crippen LogP contribution in [0.25, 0.3) is 22.3 Å². The maximum atomic E-state index is 12.2. The summed E-state index contributed by atoms with van der Waals surface area (Å²) in [5.41, 5.74) is 4.99. The second-order valence-electron chi connectivity index (χ2n) is 14.6. The van der Waals surface area contributed by atoms with Crippen LogP contribution in [0.15, 0.2) is 85.0 Å². The number of hydrogen-bond donors (Lipinski definition) is 2. The summed E-state index contributed by atoms with van der Waals surface area (Å²) in [6.45, 7) is 10.9. The standard InChI is InChI=1S/C45H56O7/c1-5-7-8-9-32-10-12-33(13-11-32)34-14-16-35(17-15-34)38-26-41(36-18-22-39(23-19-36)51-44(48)30(3)28-46)43(50-6-2)42(27-38)37-20-24-40(25-21-37)52-45(49)31(4)29-47/h18-27,32-35,46-47H,3-17,28-29H2,1-2H3. The summed E-state index contributed by atoms with van der Waals surface area (Å²) in [5.74, 6) is 3.15. The van der Waals surface area contributed by atoms with Crippen molar-refractivity contribution in [2.75, 3.05) is 19.8 Å². The van der Waals surface area contributed by atoms with Gasteiger partial charge in [-0.3, -0.25) is 0 Å². The third kappa shape index (κ3) is 10.0. The minimum atomic E-state index is -0.667. The highest BCUT2D eigenvalue weighted by molar-refractivity contribution is 5.90. The van der Waals surface area contributed by atoms with E-state index in [9.17, 15) is 19.8 Å². The second kappa shape index (κ2) is 19.0.